The molecule has 0 spiro atoms. The molecule has 0 atom stereocenters. The summed E-state index contributed by atoms with van der Waals surface area (Å²) in [6.45, 7) is 1.62. The van der Waals surface area contributed by atoms with Crippen LogP contribution in [0.4, 0.5) is 5.82 Å². The second kappa shape index (κ2) is 6.25. The molecule has 0 fully saturated rings. The molecule has 0 radical (unpaired) electrons. The monoisotopic (exact) mass is 302 g/mol. The van der Waals surface area contributed by atoms with Gasteiger partial charge in [0, 0.05) is 35.3 Å². The minimum atomic E-state index is 0.592. The van der Waals surface area contributed by atoms with E-state index in [-0.39, 0.29) is 0 Å². The van der Waals surface area contributed by atoms with Crippen molar-refractivity contribution in [3.8, 4) is 0 Å². The topological polar surface area (TPSA) is 16.1 Å². The van der Waals surface area contributed by atoms with Crippen LogP contribution in [0.5, 0.6) is 0 Å². The highest BCUT2D eigenvalue weighted by molar-refractivity contribution is 7.17. The van der Waals surface area contributed by atoms with E-state index in [0.29, 0.717) is 5.88 Å². The van der Waals surface area contributed by atoms with E-state index in [9.17, 15) is 0 Å². The van der Waals surface area contributed by atoms with Crippen LogP contribution in [0.15, 0.2) is 54.0 Å². The Morgan fingerprint density at radius 2 is 1.95 bits per heavy atom. The lowest BCUT2D eigenvalue weighted by molar-refractivity contribution is 0.822. The van der Waals surface area contributed by atoms with Crippen molar-refractivity contribution in [1.82, 2.24) is 4.98 Å². The van der Waals surface area contributed by atoms with Crippen molar-refractivity contribution in [1.29, 1.82) is 0 Å². The summed E-state index contributed by atoms with van der Waals surface area (Å²) in [6, 6.07) is 14.6. The first kappa shape index (κ1) is 13.4. The first-order valence-electron chi connectivity index (χ1n) is 6.55. The van der Waals surface area contributed by atoms with Crippen molar-refractivity contribution in [3.05, 3.63) is 59.6 Å². The lowest BCUT2D eigenvalue weighted by atomic mass is 10.2. The summed E-state index contributed by atoms with van der Waals surface area (Å²) in [4.78, 5) is 6.82. The van der Waals surface area contributed by atoms with Crippen molar-refractivity contribution in [2.45, 2.75) is 6.54 Å². The molecule has 3 rings (SSSR count). The lowest BCUT2D eigenvalue weighted by Crippen LogP contribution is -2.25. The molecule has 0 amide bonds. The van der Waals surface area contributed by atoms with Gasteiger partial charge >= 0.3 is 0 Å². The lowest BCUT2D eigenvalue weighted by Gasteiger charge is -2.23. The molecule has 0 bridgehead atoms. The summed E-state index contributed by atoms with van der Waals surface area (Å²) in [5, 5.41) is 3.32. The molecule has 2 heterocycles. The van der Waals surface area contributed by atoms with Gasteiger partial charge in [-0.15, -0.1) is 22.9 Å². The van der Waals surface area contributed by atoms with Crippen LogP contribution in [0, 0.1) is 0 Å². The average molecular weight is 303 g/mol. The zero-order chi connectivity index (χ0) is 13.8. The number of aromatic nitrogens is 1. The van der Waals surface area contributed by atoms with E-state index in [4.69, 9.17) is 11.6 Å². The highest BCUT2D eigenvalue weighted by Crippen LogP contribution is 2.29. The van der Waals surface area contributed by atoms with Gasteiger partial charge in [-0.2, -0.15) is 0 Å². The Hall–Kier alpha value is -1.58. The van der Waals surface area contributed by atoms with Crippen molar-refractivity contribution >= 4 is 38.8 Å². The second-order valence-corrected chi connectivity index (χ2v) is 5.89. The minimum absolute atomic E-state index is 0.592. The van der Waals surface area contributed by atoms with Crippen molar-refractivity contribution < 1.29 is 0 Å². The van der Waals surface area contributed by atoms with Crippen molar-refractivity contribution in [2.75, 3.05) is 17.3 Å². The number of hydrogen-bond acceptors (Lipinski definition) is 3. The zero-order valence-electron chi connectivity index (χ0n) is 11.0. The third-order valence-electron chi connectivity index (χ3n) is 3.23. The molecule has 4 heteroatoms. The Morgan fingerprint density at radius 1 is 1.10 bits per heavy atom. The summed E-state index contributed by atoms with van der Waals surface area (Å²) in [6.07, 6.45) is 1.88. The van der Waals surface area contributed by atoms with Gasteiger partial charge in [-0.25, -0.2) is 4.98 Å². The quantitative estimate of drug-likeness (QED) is 0.643. The van der Waals surface area contributed by atoms with E-state index in [0.717, 1.165) is 18.9 Å². The standard InChI is InChI=1S/C16H15ClN2S/c17-8-10-19(12-13-4-2-1-3-5-13)16-14-7-11-20-15(14)6-9-18-16/h1-7,9,11H,8,10,12H2. The predicted octanol–water partition coefficient (Wildman–Crippen LogP) is 4.54. The molecule has 0 unspecified atom stereocenters. The van der Waals surface area contributed by atoms with E-state index >= 15 is 0 Å². The molecule has 2 nitrogen and oxygen atoms in total. The van der Waals surface area contributed by atoms with Crippen molar-refractivity contribution in [3.63, 3.8) is 0 Å². The molecule has 3 aromatic rings. The summed E-state index contributed by atoms with van der Waals surface area (Å²) in [7, 11) is 0. The van der Waals surface area contributed by atoms with E-state index in [1.54, 1.807) is 11.3 Å². The number of rotatable bonds is 5. The van der Waals surface area contributed by atoms with Crippen LogP contribution in [0.3, 0.4) is 0 Å². The Morgan fingerprint density at radius 3 is 2.75 bits per heavy atom. The molecule has 0 aliphatic rings. The van der Waals surface area contributed by atoms with E-state index in [2.05, 4.69) is 51.7 Å². The number of pyridine rings is 1. The van der Waals surface area contributed by atoms with Crippen molar-refractivity contribution in [2.24, 2.45) is 0 Å². The maximum Gasteiger partial charge on any atom is 0.137 e. The molecular weight excluding hydrogens is 288 g/mol. The van der Waals surface area contributed by atoms with Crippen LogP contribution >= 0.6 is 22.9 Å². The van der Waals surface area contributed by atoms with Crippen LogP contribution in [0.1, 0.15) is 5.56 Å². The van der Waals surface area contributed by atoms with Gasteiger partial charge in [-0.05, 0) is 23.1 Å². The number of nitrogens with zero attached hydrogens (tertiary/aromatic N) is 2. The van der Waals surface area contributed by atoms with Gasteiger partial charge in [0.2, 0.25) is 0 Å². The molecule has 102 valence electrons. The molecule has 0 aliphatic carbocycles. The van der Waals surface area contributed by atoms with Gasteiger partial charge in [0.05, 0.1) is 0 Å². The van der Waals surface area contributed by atoms with Crippen LogP contribution in [-0.2, 0) is 6.54 Å². The number of alkyl halides is 1. The molecule has 1 aromatic carbocycles. The Bertz CT molecular complexity index is 681. The third-order valence-corrected chi connectivity index (χ3v) is 4.28. The van der Waals surface area contributed by atoms with Crippen LogP contribution in [0.25, 0.3) is 10.1 Å². The highest BCUT2D eigenvalue weighted by atomic mass is 35.5. The maximum absolute atomic E-state index is 5.97. The van der Waals surface area contributed by atoms with Crippen LogP contribution < -0.4 is 4.90 Å². The van der Waals surface area contributed by atoms with E-state index < -0.39 is 0 Å². The number of thiophene rings is 1. The Labute approximate surface area is 127 Å². The first-order chi connectivity index (χ1) is 9.88. The fourth-order valence-electron chi connectivity index (χ4n) is 2.30. The van der Waals surface area contributed by atoms with Gasteiger partial charge in [0.15, 0.2) is 0 Å². The SMILES string of the molecule is ClCCN(Cc1ccccc1)c1nccc2sccc12. The fraction of sp³-hybridized carbons (Fsp3) is 0.188. The van der Waals surface area contributed by atoms with Gasteiger partial charge in [-0.1, -0.05) is 30.3 Å². The van der Waals surface area contributed by atoms with E-state index in [1.807, 2.05) is 12.3 Å². The summed E-state index contributed by atoms with van der Waals surface area (Å²) in [5.41, 5.74) is 1.27. The van der Waals surface area contributed by atoms with Gasteiger partial charge in [0.1, 0.15) is 5.82 Å². The zero-order valence-corrected chi connectivity index (χ0v) is 12.6. The molecular formula is C16H15ClN2S. The van der Waals surface area contributed by atoms with E-state index in [1.165, 1.54) is 15.6 Å². The predicted molar refractivity (Wildman–Crippen MR) is 87.8 cm³/mol. The highest BCUT2D eigenvalue weighted by Gasteiger charge is 2.12. The first-order valence-corrected chi connectivity index (χ1v) is 7.97. The van der Waals surface area contributed by atoms with Crippen LogP contribution in [-0.4, -0.2) is 17.4 Å². The molecule has 2 aromatic heterocycles. The Kier molecular flexibility index (Phi) is 4.19. The largest absolute Gasteiger partial charge is 0.351 e. The number of benzene rings is 1. The molecule has 0 aliphatic heterocycles. The number of halogens is 1. The molecule has 20 heavy (non-hydrogen) atoms. The third kappa shape index (κ3) is 2.79. The summed E-state index contributed by atoms with van der Waals surface area (Å²) >= 11 is 7.71. The number of fused-ring (bicyclic) bond motifs is 1. The fourth-order valence-corrected chi connectivity index (χ4v) is 3.28. The smallest absolute Gasteiger partial charge is 0.137 e. The average Bonchev–Trinajstić information content (AvgIpc) is 2.96. The van der Waals surface area contributed by atoms with Gasteiger partial charge in [-0.3, -0.25) is 0 Å². The van der Waals surface area contributed by atoms with Gasteiger partial charge < -0.3 is 4.90 Å². The Balaban J connectivity index is 1.96. The molecule has 0 N–H and O–H groups in total. The van der Waals surface area contributed by atoms with Gasteiger partial charge in [0.25, 0.3) is 0 Å². The maximum atomic E-state index is 5.97. The van der Waals surface area contributed by atoms with Crippen LogP contribution in [0.2, 0.25) is 0 Å². The second-order valence-electron chi connectivity index (χ2n) is 4.56. The number of anilines is 1. The summed E-state index contributed by atoms with van der Waals surface area (Å²) < 4.78 is 1.27. The number of hydrogen-bond donors (Lipinski definition) is 0. The molecule has 0 saturated carbocycles. The normalized spacial score (nSPS) is 10.8. The summed E-state index contributed by atoms with van der Waals surface area (Å²) in [5.74, 6) is 1.61. The molecule has 0 saturated heterocycles. The minimum Gasteiger partial charge on any atom is -0.351 e.